The summed E-state index contributed by atoms with van der Waals surface area (Å²) < 4.78 is 5.40. The zero-order valence-electron chi connectivity index (χ0n) is 12.3. The number of ether oxygens (including phenoxy) is 1. The second-order valence-corrected chi connectivity index (χ2v) is 5.43. The van der Waals surface area contributed by atoms with Crippen LogP contribution in [0, 0.1) is 0 Å². The highest BCUT2D eigenvalue weighted by Crippen LogP contribution is 2.25. The second kappa shape index (κ2) is 6.72. The Morgan fingerprint density at radius 1 is 1.27 bits per heavy atom. The van der Waals surface area contributed by atoms with Gasteiger partial charge in [-0.1, -0.05) is 24.3 Å². The number of benzene rings is 1. The van der Waals surface area contributed by atoms with Crippen molar-refractivity contribution in [1.29, 1.82) is 0 Å². The van der Waals surface area contributed by atoms with Crippen molar-refractivity contribution in [3.8, 4) is 0 Å². The molecule has 2 heterocycles. The van der Waals surface area contributed by atoms with Crippen LogP contribution in [0.3, 0.4) is 0 Å². The summed E-state index contributed by atoms with van der Waals surface area (Å²) >= 11 is 0. The summed E-state index contributed by atoms with van der Waals surface area (Å²) in [6, 6.07) is 9.72. The van der Waals surface area contributed by atoms with Crippen LogP contribution in [0.25, 0.3) is 0 Å². The molecule has 1 aliphatic rings. The van der Waals surface area contributed by atoms with Gasteiger partial charge in [-0.05, 0) is 17.5 Å². The van der Waals surface area contributed by atoms with Gasteiger partial charge < -0.3 is 20.9 Å². The van der Waals surface area contributed by atoms with E-state index in [4.69, 9.17) is 10.5 Å². The summed E-state index contributed by atoms with van der Waals surface area (Å²) in [7, 11) is 0. The summed E-state index contributed by atoms with van der Waals surface area (Å²) in [4.78, 5) is 8.54. The number of aliphatic hydroxyl groups excluding tert-OH is 1. The Balaban J connectivity index is 1.71. The number of nitrogens with one attached hydrogen (secondary N) is 1. The van der Waals surface area contributed by atoms with Gasteiger partial charge in [-0.25, -0.2) is 4.98 Å². The maximum absolute atomic E-state index is 9.17. The van der Waals surface area contributed by atoms with E-state index in [1.807, 2.05) is 30.3 Å². The number of aliphatic hydroxyl groups is 1. The molecule has 1 aromatic heterocycles. The SMILES string of the molecule is Nc1nc(NCc2cccc(CO)c2)cc([C@H]2CCOC2)n1. The monoisotopic (exact) mass is 300 g/mol. The van der Waals surface area contributed by atoms with Crippen LogP contribution < -0.4 is 11.1 Å². The molecule has 2 aromatic rings. The highest BCUT2D eigenvalue weighted by molar-refractivity contribution is 5.42. The van der Waals surface area contributed by atoms with Crippen molar-refractivity contribution in [3.05, 3.63) is 47.2 Å². The van der Waals surface area contributed by atoms with Gasteiger partial charge in [0, 0.05) is 25.1 Å². The minimum absolute atomic E-state index is 0.0418. The average Bonchev–Trinajstić information content (AvgIpc) is 3.07. The van der Waals surface area contributed by atoms with E-state index in [2.05, 4.69) is 15.3 Å². The number of rotatable bonds is 5. The number of nitrogen functional groups attached to an aromatic ring is 1. The molecule has 116 valence electrons. The smallest absolute Gasteiger partial charge is 0.222 e. The first kappa shape index (κ1) is 14.7. The van der Waals surface area contributed by atoms with Gasteiger partial charge in [0.15, 0.2) is 0 Å². The van der Waals surface area contributed by atoms with E-state index in [9.17, 15) is 5.11 Å². The van der Waals surface area contributed by atoms with E-state index < -0.39 is 0 Å². The van der Waals surface area contributed by atoms with E-state index >= 15 is 0 Å². The maximum Gasteiger partial charge on any atom is 0.222 e. The predicted octanol–water partition coefficient (Wildman–Crippen LogP) is 1.67. The lowest BCUT2D eigenvalue weighted by Gasteiger charge is -2.11. The number of nitrogens with zero attached hydrogens (tertiary/aromatic N) is 2. The number of anilines is 2. The quantitative estimate of drug-likeness (QED) is 0.777. The van der Waals surface area contributed by atoms with Gasteiger partial charge >= 0.3 is 0 Å². The lowest BCUT2D eigenvalue weighted by molar-refractivity contribution is 0.193. The molecule has 0 radical (unpaired) electrons. The normalized spacial score (nSPS) is 17.6. The van der Waals surface area contributed by atoms with Gasteiger partial charge in [0.05, 0.1) is 18.9 Å². The van der Waals surface area contributed by atoms with Crippen LogP contribution in [-0.2, 0) is 17.9 Å². The van der Waals surface area contributed by atoms with Gasteiger partial charge in [-0.3, -0.25) is 0 Å². The first-order valence-corrected chi connectivity index (χ1v) is 7.39. The highest BCUT2D eigenvalue weighted by atomic mass is 16.5. The van der Waals surface area contributed by atoms with Crippen LogP contribution in [-0.4, -0.2) is 28.3 Å². The average molecular weight is 300 g/mol. The predicted molar refractivity (Wildman–Crippen MR) is 84.3 cm³/mol. The topological polar surface area (TPSA) is 93.3 Å². The molecular formula is C16H20N4O2. The Bertz CT molecular complexity index is 642. The molecule has 1 fully saturated rings. The summed E-state index contributed by atoms with van der Waals surface area (Å²) in [6.07, 6.45) is 0.967. The standard InChI is InChI=1S/C16H20N4O2/c17-16-19-14(13-4-5-22-10-13)7-15(20-16)18-8-11-2-1-3-12(6-11)9-21/h1-3,6-7,13,21H,4-5,8-10H2,(H3,17,18,19,20)/t13-/m0/s1. The Morgan fingerprint density at radius 2 is 2.14 bits per heavy atom. The molecule has 0 bridgehead atoms. The van der Waals surface area contributed by atoms with E-state index in [-0.39, 0.29) is 12.6 Å². The lowest BCUT2D eigenvalue weighted by Crippen LogP contribution is -2.09. The highest BCUT2D eigenvalue weighted by Gasteiger charge is 2.20. The second-order valence-electron chi connectivity index (χ2n) is 5.43. The van der Waals surface area contributed by atoms with E-state index in [1.54, 1.807) is 0 Å². The van der Waals surface area contributed by atoms with Crippen LogP contribution in [0.2, 0.25) is 0 Å². The fourth-order valence-corrected chi connectivity index (χ4v) is 2.58. The summed E-state index contributed by atoms with van der Waals surface area (Å²) in [5, 5.41) is 12.4. The molecule has 3 rings (SSSR count). The van der Waals surface area contributed by atoms with Crippen LogP contribution in [0.4, 0.5) is 11.8 Å². The van der Waals surface area contributed by atoms with Gasteiger partial charge in [0.2, 0.25) is 5.95 Å². The third-order valence-corrected chi connectivity index (χ3v) is 3.76. The molecular weight excluding hydrogens is 280 g/mol. The number of hydrogen-bond acceptors (Lipinski definition) is 6. The largest absolute Gasteiger partial charge is 0.392 e. The molecule has 6 nitrogen and oxygen atoms in total. The van der Waals surface area contributed by atoms with Crippen molar-refractivity contribution in [2.24, 2.45) is 0 Å². The molecule has 1 aromatic carbocycles. The van der Waals surface area contributed by atoms with Crippen molar-refractivity contribution in [2.45, 2.75) is 25.5 Å². The van der Waals surface area contributed by atoms with Gasteiger partial charge in [-0.2, -0.15) is 4.98 Å². The Hall–Kier alpha value is -2.18. The van der Waals surface area contributed by atoms with Crippen molar-refractivity contribution in [2.75, 3.05) is 24.3 Å². The molecule has 6 heteroatoms. The Morgan fingerprint density at radius 3 is 2.91 bits per heavy atom. The van der Waals surface area contributed by atoms with Crippen molar-refractivity contribution in [1.82, 2.24) is 9.97 Å². The minimum Gasteiger partial charge on any atom is -0.392 e. The fourth-order valence-electron chi connectivity index (χ4n) is 2.58. The molecule has 0 aliphatic carbocycles. The van der Waals surface area contributed by atoms with Gasteiger partial charge in [-0.15, -0.1) is 0 Å². The number of nitrogens with two attached hydrogens (primary N) is 1. The van der Waals surface area contributed by atoms with Crippen LogP contribution in [0.5, 0.6) is 0 Å². The summed E-state index contributed by atoms with van der Waals surface area (Å²) in [5.74, 6) is 1.28. The summed E-state index contributed by atoms with van der Waals surface area (Å²) in [5.41, 5.74) is 8.70. The zero-order valence-corrected chi connectivity index (χ0v) is 12.3. The number of hydrogen-bond donors (Lipinski definition) is 3. The van der Waals surface area contributed by atoms with Gasteiger partial charge in [0.25, 0.3) is 0 Å². The van der Waals surface area contributed by atoms with Crippen molar-refractivity contribution in [3.63, 3.8) is 0 Å². The molecule has 1 atom stereocenters. The maximum atomic E-state index is 9.17. The molecule has 0 amide bonds. The molecule has 0 spiro atoms. The Kier molecular flexibility index (Phi) is 4.50. The third-order valence-electron chi connectivity index (χ3n) is 3.76. The third kappa shape index (κ3) is 3.52. The van der Waals surface area contributed by atoms with Gasteiger partial charge in [0.1, 0.15) is 5.82 Å². The minimum atomic E-state index is 0.0418. The van der Waals surface area contributed by atoms with E-state index in [0.29, 0.717) is 24.9 Å². The Labute approximate surface area is 129 Å². The molecule has 4 N–H and O–H groups in total. The molecule has 22 heavy (non-hydrogen) atoms. The van der Waals surface area contributed by atoms with Crippen molar-refractivity contribution < 1.29 is 9.84 Å². The first-order chi connectivity index (χ1) is 10.7. The first-order valence-electron chi connectivity index (χ1n) is 7.39. The van der Waals surface area contributed by atoms with Crippen LogP contribution in [0.1, 0.15) is 29.2 Å². The van der Waals surface area contributed by atoms with Crippen LogP contribution in [0.15, 0.2) is 30.3 Å². The van der Waals surface area contributed by atoms with E-state index in [1.165, 1.54) is 0 Å². The number of aromatic nitrogens is 2. The van der Waals surface area contributed by atoms with Crippen LogP contribution >= 0.6 is 0 Å². The molecule has 0 saturated carbocycles. The summed E-state index contributed by atoms with van der Waals surface area (Å²) in [6.45, 7) is 2.12. The molecule has 1 aliphatic heterocycles. The van der Waals surface area contributed by atoms with Crippen molar-refractivity contribution >= 4 is 11.8 Å². The van der Waals surface area contributed by atoms with E-state index in [0.717, 1.165) is 29.8 Å². The molecule has 0 unspecified atom stereocenters. The molecule has 1 saturated heterocycles. The zero-order chi connectivity index (χ0) is 15.4. The lowest BCUT2D eigenvalue weighted by atomic mass is 10.0. The fraction of sp³-hybridized carbons (Fsp3) is 0.375.